The van der Waals surface area contributed by atoms with Crippen molar-refractivity contribution in [2.75, 3.05) is 26.4 Å². The molecule has 4 heteroatoms. The molecule has 21 heavy (non-hydrogen) atoms. The molecule has 1 aliphatic carbocycles. The molecule has 0 aromatic carbocycles. The van der Waals surface area contributed by atoms with Crippen LogP contribution in [0.3, 0.4) is 0 Å². The van der Waals surface area contributed by atoms with Crippen molar-refractivity contribution in [3.05, 3.63) is 0 Å². The van der Waals surface area contributed by atoms with E-state index in [1.165, 1.54) is 32.1 Å². The smallest absolute Gasteiger partial charge is 0.0900 e. The Balaban J connectivity index is 1.73. The molecule has 1 saturated heterocycles. The minimum absolute atomic E-state index is 0.274. The summed E-state index contributed by atoms with van der Waals surface area (Å²) >= 11 is 0. The zero-order valence-corrected chi connectivity index (χ0v) is 13.8. The first-order valence-corrected chi connectivity index (χ1v) is 8.80. The molecule has 1 N–H and O–H groups in total. The minimum Gasteiger partial charge on any atom is -0.389 e. The molecule has 0 bridgehead atoms. The van der Waals surface area contributed by atoms with Gasteiger partial charge in [-0.2, -0.15) is 0 Å². The van der Waals surface area contributed by atoms with Crippen LogP contribution < -0.4 is 0 Å². The van der Waals surface area contributed by atoms with Crippen molar-refractivity contribution in [1.82, 2.24) is 4.90 Å². The Morgan fingerprint density at radius 2 is 1.76 bits per heavy atom. The van der Waals surface area contributed by atoms with Crippen LogP contribution in [0.5, 0.6) is 0 Å². The maximum atomic E-state index is 10.3. The van der Waals surface area contributed by atoms with E-state index < -0.39 is 0 Å². The van der Waals surface area contributed by atoms with Gasteiger partial charge in [-0.3, -0.25) is 4.90 Å². The van der Waals surface area contributed by atoms with Gasteiger partial charge in [-0.15, -0.1) is 0 Å². The molecule has 2 fully saturated rings. The summed E-state index contributed by atoms with van der Waals surface area (Å²) in [6.07, 6.45) is 8.43. The minimum atomic E-state index is -0.378. The van der Waals surface area contributed by atoms with Crippen molar-refractivity contribution in [1.29, 1.82) is 0 Å². The lowest BCUT2D eigenvalue weighted by molar-refractivity contribution is -0.0688. The van der Waals surface area contributed by atoms with Crippen molar-refractivity contribution in [2.24, 2.45) is 0 Å². The molecule has 2 aliphatic rings. The molecule has 1 saturated carbocycles. The Morgan fingerprint density at radius 3 is 2.38 bits per heavy atom. The second kappa shape index (κ2) is 9.09. The van der Waals surface area contributed by atoms with Gasteiger partial charge < -0.3 is 14.6 Å². The highest BCUT2D eigenvalue weighted by Gasteiger charge is 2.25. The van der Waals surface area contributed by atoms with Gasteiger partial charge in [0.05, 0.1) is 18.8 Å². The fraction of sp³-hybridized carbons (Fsp3) is 1.00. The summed E-state index contributed by atoms with van der Waals surface area (Å²) in [6, 6.07) is 1.14. The van der Waals surface area contributed by atoms with Gasteiger partial charge >= 0.3 is 0 Å². The fourth-order valence-corrected chi connectivity index (χ4v) is 3.58. The summed E-state index contributed by atoms with van der Waals surface area (Å²) < 4.78 is 11.2. The predicted octanol–water partition coefficient (Wildman–Crippen LogP) is 2.59. The second-order valence-electron chi connectivity index (χ2n) is 6.88. The Bertz CT molecular complexity index is 273. The van der Waals surface area contributed by atoms with Gasteiger partial charge in [0, 0.05) is 31.8 Å². The Kier molecular flexibility index (Phi) is 7.44. The van der Waals surface area contributed by atoms with Crippen LogP contribution in [-0.4, -0.2) is 60.7 Å². The van der Waals surface area contributed by atoms with E-state index in [1.54, 1.807) is 0 Å². The maximum Gasteiger partial charge on any atom is 0.0900 e. The number of rotatable bonds is 7. The highest BCUT2D eigenvalue weighted by Crippen LogP contribution is 2.24. The lowest BCUT2D eigenvalue weighted by Gasteiger charge is -2.38. The SMILES string of the molecule is CC(C)N(CC(O)COC1CCOCC1)C1CCCCC1. The monoisotopic (exact) mass is 299 g/mol. The van der Waals surface area contributed by atoms with E-state index in [1.807, 2.05) is 0 Å². The molecular formula is C17H33NO3. The van der Waals surface area contributed by atoms with E-state index in [9.17, 15) is 5.11 Å². The number of aliphatic hydroxyl groups excluding tert-OH is 1. The van der Waals surface area contributed by atoms with Gasteiger partial charge in [-0.1, -0.05) is 19.3 Å². The van der Waals surface area contributed by atoms with Gasteiger partial charge in [-0.05, 0) is 39.5 Å². The number of ether oxygens (including phenoxy) is 2. The number of hydrogen-bond acceptors (Lipinski definition) is 4. The number of nitrogens with zero attached hydrogens (tertiary/aromatic N) is 1. The van der Waals surface area contributed by atoms with E-state index in [-0.39, 0.29) is 12.2 Å². The van der Waals surface area contributed by atoms with E-state index in [0.717, 1.165) is 32.6 Å². The van der Waals surface area contributed by atoms with E-state index in [4.69, 9.17) is 9.47 Å². The van der Waals surface area contributed by atoms with Crippen LogP contribution in [0.1, 0.15) is 58.8 Å². The van der Waals surface area contributed by atoms with E-state index >= 15 is 0 Å². The van der Waals surface area contributed by atoms with Crippen LogP contribution >= 0.6 is 0 Å². The van der Waals surface area contributed by atoms with Crippen molar-refractivity contribution in [2.45, 2.75) is 83.1 Å². The predicted molar refractivity (Wildman–Crippen MR) is 84.5 cm³/mol. The highest BCUT2D eigenvalue weighted by atomic mass is 16.5. The third kappa shape index (κ3) is 5.85. The van der Waals surface area contributed by atoms with Crippen molar-refractivity contribution >= 4 is 0 Å². The van der Waals surface area contributed by atoms with Gasteiger partial charge in [-0.25, -0.2) is 0 Å². The third-order valence-electron chi connectivity index (χ3n) is 4.82. The quantitative estimate of drug-likeness (QED) is 0.784. The average molecular weight is 299 g/mol. The summed E-state index contributed by atoms with van der Waals surface area (Å²) in [4.78, 5) is 2.48. The Hall–Kier alpha value is -0.160. The van der Waals surface area contributed by atoms with Crippen LogP contribution in [0, 0.1) is 0 Å². The van der Waals surface area contributed by atoms with Gasteiger partial charge in [0.2, 0.25) is 0 Å². The molecule has 2 rings (SSSR count). The first kappa shape index (κ1) is 17.2. The van der Waals surface area contributed by atoms with Crippen LogP contribution in [0.2, 0.25) is 0 Å². The van der Waals surface area contributed by atoms with Gasteiger partial charge in [0.15, 0.2) is 0 Å². The first-order valence-electron chi connectivity index (χ1n) is 8.80. The molecule has 0 radical (unpaired) electrons. The molecular weight excluding hydrogens is 266 g/mol. The Morgan fingerprint density at radius 1 is 1.10 bits per heavy atom. The summed E-state index contributed by atoms with van der Waals surface area (Å²) in [6.45, 7) is 7.26. The molecule has 1 aliphatic heterocycles. The molecule has 4 nitrogen and oxygen atoms in total. The fourth-order valence-electron chi connectivity index (χ4n) is 3.58. The summed E-state index contributed by atoms with van der Waals surface area (Å²) in [5.41, 5.74) is 0. The zero-order chi connectivity index (χ0) is 15.1. The normalized spacial score (nSPS) is 23.9. The van der Waals surface area contributed by atoms with Crippen LogP contribution in [0.25, 0.3) is 0 Å². The lowest BCUT2D eigenvalue weighted by Crippen LogP contribution is -2.46. The summed E-state index contributed by atoms with van der Waals surface area (Å²) in [5.74, 6) is 0. The largest absolute Gasteiger partial charge is 0.389 e. The molecule has 1 heterocycles. The van der Waals surface area contributed by atoms with E-state index in [0.29, 0.717) is 18.7 Å². The van der Waals surface area contributed by atoms with Crippen molar-refractivity contribution in [3.8, 4) is 0 Å². The molecule has 124 valence electrons. The van der Waals surface area contributed by atoms with Crippen LogP contribution in [0.15, 0.2) is 0 Å². The van der Waals surface area contributed by atoms with E-state index in [2.05, 4.69) is 18.7 Å². The molecule has 0 spiro atoms. The zero-order valence-electron chi connectivity index (χ0n) is 13.8. The van der Waals surface area contributed by atoms with Crippen molar-refractivity contribution in [3.63, 3.8) is 0 Å². The molecule has 0 aromatic heterocycles. The topological polar surface area (TPSA) is 41.9 Å². The highest BCUT2D eigenvalue weighted by molar-refractivity contribution is 4.80. The van der Waals surface area contributed by atoms with Gasteiger partial charge in [0.1, 0.15) is 0 Å². The third-order valence-corrected chi connectivity index (χ3v) is 4.82. The lowest BCUT2D eigenvalue weighted by atomic mass is 9.93. The Labute approximate surface area is 129 Å². The van der Waals surface area contributed by atoms with Gasteiger partial charge in [0.25, 0.3) is 0 Å². The summed E-state index contributed by atoms with van der Waals surface area (Å²) in [5, 5.41) is 10.3. The van der Waals surface area contributed by atoms with Crippen molar-refractivity contribution < 1.29 is 14.6 Å². The first-order chi connectivity index (χ1) is 10.2. The maximum absolute atomic E-state index is 10.3. The molecule has 1 atom stereocenters. The number of aliphatic hydroxyl groups is 1. The molecule has 1 unspecified atom stereocenters. The molecule has 0 aromatic rings. The summed E-state index contributed by atoms with van der Waals surface area (Å²) in [7, 11) is 0. The molecule has 0 amide bonds. The average Bonchev–Trinajstić information content (AvgIpc) is 2.52. The van der Waals surface area contributed by atoms with Crippen LogP contribution in [0.4, 0.5) is 0 Å². The standard InChI is InChI=1S/C17H33NO3/c1-14(2)18(15-6-4-3-5-7-15)12-16(19)13-21-17-8-10-20-11-9-17/h14-17,19H,3-13H2,1-2H3. The number of hydrogen-bond donors (Lipinski definition) is 1. The second-order valence-corrected chi connectivity index (χ2v) is 6.88. The van der Waals surface area contributed by atoms with Crippen LogP contribution in [-0.2, 0) is 9.47 Å².